The summed E-state index contributed by atoms with van der Waals surface area (Å²) in [5.41, 5.74) is 8.33. The minimum absolute atomic E-state index is 0.0536. The van der Waals surface area contributed by atoms with Crippen LogP contribution in [0.4, 0.5) is 17.4 Å². The number of carbonyl (C=O) groups is 4. The number of carboxylic acid groups (broad SMARTS) is 2. The van der Waals surface area contributed by atoms with Crippen LogP contribution in [-0.4, -0.2) is 101 Å². The minimum atomic E-state index is -1.24. The van der Waals surface area contributed by atoms with Crippen molar-refractivity contribution >= 4 is 93.0 Å². The number of rotatable bonds is 20. The van der Waals surface area contributed by atoms with E-state index in [0.29, 0.717) is 30.3 Å². The van der Waals surface area contributed by atoms with Gasteiger partial charge in [-0.05, 0) is 169 Å². The zero-order chi connectivity index (χ0) is 56.0. The van der Waals surface area contributed by atoms with E-state index in [1.165, 1.54) is 18.1 Å². The number of nitrogens with one attached hydrogen (secondary N) is 2. The number of allylic oxidation sites excluding steroid dienone is 3. The smallest absolute Gasteiger partial charge is 0.341 e. The predicted molar refractivity (Wildman–Crippen MR) is 315 cm³/mol. The first-order valence-electron chi connectivity index (χ1n) is 27.2. The van der Waals surface area contributed by atoms with Crippen molar-refractivity contribution in [2.75, 3.05) is 48.9 Å². The molecule has 2 saturated carbocycles. The van der Waals surface area contributed by atoms with Gasteiger partial charge in [0, 0.05) is 47.0 Å². The van der Waals surface area contributed by atoms with E-state index < -0.39 is 24.6 Å². The van der Waals surface area contributed by atoms with Crippen LogP contribution in [0.2, 0.25) is 0 Å². The first kappa shape index (κ1) is 60.1. The SMILES string of the molecule is C=CCCC(C=O)N(C=O)c1ccc(C2CCN(c3nc4cc(CSN5C6(CC6)CC(Nc6cccc(/C(C)=C(Cl)/C(OCC(=O)O)=C(\C)C(=O)O)c6)CC56CC6)ccc4o3)CC2)c2cccc(C)c12.CC.CC.CNC. The Hall–Kier alpha value is -6.13. The number of piperidine rings is 2. The molecule has 2 spiro atoms. The van der Waals surface area contributed by atoms with E-state index in [-0.39, 0.29) is 33.5 Å². The number of amides is 1. The summed E-state index contributed by atoms with van der Waals surface area (Å²) in [7, 11) is 3.75. The molecule has 4 N–H and O–H groups in total. The van der Waals surface area contributed by atoms with E-state index in [9.17, 15) is 29.4 Å². The normalized spacial score (nSPS) is 18.2. The second kappa shape index (κ2) is 27.5. The molecular formula is C61H79ClN6O8S. The standard InChI is InChI=1S/C55H60ClN5O8S.C2H7N.2C2H6/c1-5-6-12-42(30-62)60(33-63)46-16-15-43(44-13-7-9-34(2)49(44)46)38-18-24-59(25-19-38)53-58-45-26-37(14-17-47(45)69-53)32-70-61-54(20-21-54)28-41(29-55(61)22-23-55)57-40-11-8-10-39(27-40)35(3)50(56)51(36(4)52(66)67)68-31-48(64)65;1-3-2;2*1-2/h5,7-11,13-17,26-27,30,33,38,41-42,57H,1,6,12,18-25,28-29,31-32H2,2-4H3,(H,64,65)(H,66,67);3H,1-2H3;2*1-2H3/b50-35-,51-36-;;;. The number of nitrogens with zero attached hydrogens (tertiary/aromatic N) is 4. The molecule has 4 fully saturated rings. The number of ether oxygens (including phenoxy) is 1. The van der Waals surface area contributed by atoms with Gasteiger partial charge < -0.3 is 44.6 Å². The maximum atomic E-state index is 12.5. The van der Waals surface area contributed by atoms with E-state index >= 15 is 0 Å². The number of aldehydes is 1. The van der Waals surface area contributed by atoms with E-state index in [4.69, 9.17) is 25.7 Å². The first-order valence-corrected chi connectivity index (χ1v) is 28.5. The first-order chi connectivity index (χ1) is 37.2. The molecule has 414 valence electrons. The van der Waals surface area contributed by atoms with Crippen molar-refractivity contribution in [1.29, 1.82) is 0 Å². The van der Waals surface area contributed by atoms with Gasteiger partial charge in [-0.25, -0.2) is 13.9 Å². The molecule has 2 aliphatic carbocycles. The molecular weight excluding hydrogens is 1010 g/mol. The number of hydrogen-bond donors (Lipinski definition) is 4. The van der Waals surface area contributed by atoms with Crippen molar-refractivity contribution < 1.29 is 38.5 Å². The fourth-order valence-corrected chi connectivity index (χ4v) is 12.6. The number of aryl methyl sites for hydroxylation is 1. The van der Waals surface area contributed by atoms with Crippen molar-refractivity contribution in [1.82, 2.24) is 14.6 Å². The quantitative estimate of drug-likeness (QED) is 0.0144. The summed E-state index contributed by atoms with van der Waals surface area (Å²) in [6.07, 6.45) is 13.1. The highest BCUT2D eigenvalue weighted by molar-refractivity contribution is 7.96. The molecule has 0 bridgehead atoms. The number of fused-ring (bicyclic) bond motifs is 2. The molecule has 1 amide bonds. The molecule has 4 aromatic carbocycles. The minimum Gasteiger partial charge on any atom is -0.480 e. The lowest BCUT2D eigenvalue weighted by atomic mass is 9.85. The molecule has 9 rings (SSSR count). The second-order valence-electron chi connectivity index (χ2n) is 20.0. The van der Waals surface area contributed by atoms with Gasteiger partial charge in [0.2, 0.25) is 6.41 Å². The molecule has 5 aromatic rings. The number of halogens is 1. The average Bonchev–Trinajstić information content (AvgIpc) is 4.37. The molecule has 16 heteroatoms. The van der Waals surface area contributed by atoms with E-state index in [1.54, 1.807) is 17.9 Å². The van der Waals surface area contributed by atoms with Crippen LogP contribution in [0.15, 0.2) is 106 Å². The third-order valence-electron chi connectivity index (χ3n) is 14.8. The van der Waals surface area contributed by atoms with Gasteiger partial charge in [0.25, 0.3) is 6.01 Å². The van der Waals surface area contributed by atoms with Gasteiger partial charge in [-0.15, -0.1) is 6.58 Å². The van der Waals surface area contributed by atoms with Gasteiger partial charge in [0.1, 0.15) is 17.6 Å². The lowest BCUT2D eigenvalue weighted by Gasteiger charge is -2.46. The summed E-state index contributed by atoms with van der Waals surface area (Å²) in [5.74, 6) is -1.49. The van der Waals surface area contributed by atoms with Crippen LogP contribution < -0.4 is 20.4 Å². The summed E-state index contributed by atoms with van der Waals surface area (Å²) in [4.78, 5) is 56.5. The van der Waals surface area contributed by atoms with Gasteiger partial charge in [0.05, 0.1) is 22.3 Å². The molecule has 1 aromatic heterocycles. The molecule has 14 nitrogen and oxygen atoms in total. The van der Waals surface area contributed by atoms with E-state index in [1.807, 2.05) is 84.1 Å². The summed E-state index contributed by atoms with van der Waals surface area (Å²) in [5, 5.41) is 27.6. The number of carbonyl (C=O) groups excluding carboxylic acids is 2. The maximum absolute atomic E-state index is 12.5. The van der Waals surface area contributed by atoms with Crippen LogP contribution in [0.25, 0.3) is 27.4 Å². The Labute approximate surface area is 464 Å². The fraction of sp³-hybridized carbons (Fsp3) is 0.459. The molecule has 0 radical (unpaired) electrons. The number of carboxylic acids is 2. The predicted octanol–water partition coefficient (Wildman–Crippen LogP) is 13.3. The zero-order valence-corrected chi connectivity index (χ0v) is 48.0. The number of aliphatic carboxylic acids is 2. The lowest BCUT2D eigenvalue weighted by molar-refractivity contribution is -0.141. The summed E-state index contributed by atoms with van der Waals surface area (Å²) >= 11 is 8.65. The Morgan fingerprint density at radius 3 is 2.22 bits per heavy atom. The second-order valence-corrected chi connectivity index (χ2v) is 21.3. The Morgan fingerprint density at radius 1 is 0.961 bits per heavy atom. The van der Waals surface area contributed by atoms with Gasteiger partial charge in [-0.3, -0.25) is 4.79 Å². The topological polar surface area (TPSA) is 178 Å². The van der Waals surface area contributed by atoms with Crippen LogP contribution in [-0.2, 0) is 29.7 Å². The Balaban J connectivity index is 0.00000131. The van der Waals surface area contributed by atoms with Crippen molar-refractivity contribution in [2.24, 2.45) is 0 Å². The number of anilines is 3. The maximum Gasteiger partial charge on any atom is 0.341 e. The van der Waals surface area contributed by atoms with Crippen molar-refractivity contribution in [3.05, 3.63) is 124 Å². The Kier molecular flexibility index (Phi) is 21.4. The summed E-state index contributed by atoms with van der Waals surface area (Å²) in [6.45, 7) is 17.9. The highest BCUT2D eigenvalue weighted by atomic mass is 35.5. The number of hydrogen-bond acceptors (Lipinski definition) is 12. The van der Waals surface area contributed by atoms with Crippen LogP contribution in [0.5, 0.6) is 0 Å². The van der Waals surface area contributed by atoms with E-state index in [2.05, 4.69) is 75.8 Å². The molecule has 2 saturated heterocycles. The summed E-state index contributed by atoms with van der Waals surface area (Å²) < 4.78 is 14.5. The number of oxazole rings is 1. The average molecular weight is 1090 g/mol. The molecule has 4 aliphatic rings. The molecule has 3 heterocycles. The van der Waals surface area contributed by atoms with Gasteiger partial charge in [0.15, 0.2) is 12.2 Å². The largest absolute Gasteiger partial charge is 0.480 e. The van der Waals surface area contributed by atoms with Gasteiger partial charge in [-0.1, -0.05) is 99.8 Å². The Morgan fingerprint density at radius 2 is 1.62 bits per heavy atom. The third-order valence-corrected chi connectivity index (χ3v) is 16.8. The fourth-order valence-electron chi connectivity index (χ4n) is 10.8. The van der Waals surface area contributed by atoms with Crippen molar-refractivity contribution in [3.8, 4) is 0 Å². The molecule has 2 aliphatic heterocycles. The Bertz CT molecular complexity index is 2920. The monoisotopic (exact) mass is 1090 g/mol. The van der Waals surface area contributed by atoms with Crippen LogP contribution in [0, 0.1) is 6.92 Å². The van der Waals surface area contributed by atoms with Crippen LogP contribution >= 0.6 is 23.5 Å². The van der Waals surface area contributed by atoms with Crippen LogP contribution in [0.3, 0.4) is 0 Å². The van der Waals surface area contributed by atoms with Crippen molar-refractivity contribution in [3.63, 3.8) is 0 Å². The number of aromatic nitrogens is 1. The third kappa shape index (κ3) is 14.0. The lowest BCUT2D eigenvalue weighted by Crippen LogP contribution is -2.52. The highest BCUT2D eigenvalue weighted by Crippen LogP contribution is 2.64. The van der Waals surface area contributed by atoms with Crippen LogP contribution in [0.1, 0.15) is 134 Å². The van der Waals surface area contributed by atoms with Gasteiger partial charge in [-0.2, -0.15) is 4.98 Å². The zero-order valence-electron chi connectivity index (χ0n) is 46.4. The highest BCUT2D eigenvalue weighted by Gasteiger charge is 2.64. The number of benzene rings is 4. The summed E-state index contributed by atoms with van der Waals surface area (Å²) in [6, 6.07) is 25.1. The van der Waals surface area contributed by atoms with Gasteiger partial charge >= 0.3 is 11.9 Å². The van der Waals surface area contributed by atoms with Crippen molar-refractivity contribution in [2.45, 2.75) is 148 Å². The molecule has 1 atom stereocenters. The van der Waals surface area contributed by atoms with E-state index in [0.717, 1.165) is 127 Å². The molecule has 1 unspecified atom stereocenters. The molecule has 77 heavy (non-hydrogen) atoms.